The Bertz CT molecular complexity index is 1630. The predicted octanol–water partition coefficient (Wildman–Crippen LogP) is 5.04. The lowest BCUT2D eigenvalue weighted by atomic mass is 9.44. The molecule has 0 amide bonds. The summed E-state index contributed by atoms with van der Waals surface area (Å²) in [4.78, 5) is 52.9. The van der Waals surface area contributed by atoms with Gasteiger partial charge in [0, 0.05) is 44.4 Å². The van der Waals surface area contributed by atoms with Gasteiger partial charge in [0.15, 0.2) is 20.0 Å². The number of ether oxygens (including phenoxy) is 5. The fourth-order valence-corrected chi connectivity index (χ4v) is 10.6. The number of carbonyl (C=O) groups excluding carboxylic acids is 4. The molecule has 3 fully saturated rings. The summed E-state index contributed by atoms with van der Waals surface area (Å²) >= 11 is 0. The van der Waals surface area contributed by atoms with E-state index in [1.807, 2.05) is 0 Å². The third-order valence-corrected chi connectivity index (χ3v) is 17.4. The van der Waals surface area contributed by atoms with E-state index in [1.54, 1.807) is 58.0 Å². The van der Waals surface area contributed by atoms with Gasteiger partial charge >= 0.3 is 23.9 Å². The van der Waals surface area contributed by atoms with Gasteiger partial charge in [0.2, 0.25) is 0 Å². The maximum absolute atomic E-state index is 14.3. The lowest BCUT2D eigenvalue weighted by molar-refractivity contribution is -0.363. The molecule has 2 N–H and O–H groups in total. The molecule has 10 atom stereocenters. The zero-order valence-electron chi connectivity index (χ0n) is 32.5. The van der Waals surface area contributed by atoms with Gasteiger partial charge in [-0.1, -0.05) is 59.7 Å². The van der Waals surface area contributed by atoms with Crippen molar-refractivity contribution in [3.05, 3.63) is 47.0 Å². The Balaban J connectivity index is 1.91. The minimum atomic E-state index is -2.66. The minimum Gasteiger partial charge on any atom is -0.458 e. The number of carbonyl (C=O) groups is 4. The Labute approximate surface area is 307 Å². The second kappa shape index (κ2) is 13.3. The number of hydrogen-bond donors (Lipinski definition) is 2. The summed E-state index contributed by atoms with van der Waals surface area (Å²) < 4.78 is 38.1. The molecule has 2 saturated carbocycles. The van der Waals surface area contributed by atoms with Gasteiger partial charge in [-0.2, -0.15) is 0 Å². The number of aliphatic hydroxyl groups excluding tert-OH is 1. The van der Waals surface area contributed by atoms with Crippen LogP contribution in [0.1, 0.15) is 92.4 Å². The van der Waals surface area contributed by atoms with Gasteiger partial charge in [0.1, 0.15) is 30.0 Å². The van der Waals surface area contributed by atoms with Crippen LogP contribution in [0.2, 0.25) is 18.1 Å². The summed E-state index contributed by atoms with van der Waals surface area (Å²) in [5, 5.41) is 26.4. The number of benzene rings is 1. The van der Waals surface area contributed by atoms with Crippen LogP contribution in [0.15, 0.2) is 41.5 Å². The minimum absolute atomic E-state index is 0.125. The van der Waals surface area contributed by atoms with Gasteiger partial charge in [-0.25, -0.2) is 4.79 Å². The first kappa shape index (κ1) is 40.1. The normalized spacial score (nSPS) is 36.8. The van der Waals surface area contributed by atoms with E-state index in [2.05, 4.69) is 33.9 Å². The van der Waals surface area contributed by atoms with Crippen molar-refractivity contribution in [3.63, 3.8) is 0 Å². The summed E-state index contributed by atoms with van der Waals surface area (Å²) in [5.74, 6) is -3.91. The highest BCUT2D eigenvalue weighted by Crippen LogP contribution is 2.66. The first-order chi connectivity index (χ1) is 23.8. The van der Waals surface area contributed by atoms with Crippen LogP contribution < -0.4 is 0 Å². The van der Waals surface area contributed by atoms with Crippen molar-refractivity contribution in [2.75, 3.05) is 6.61 Å². The molecule has 1 aromatic carbocycles. The van der Waals surface area contributed by atoms with E-state index < -0.39 is 96.8 Å². The number of hydrogen-bond acceptors (Lipinski definition) is 12. The fourth-order valence-electron chi connectivity index (χ4n) is 9.15. The molecule has 1 heterocycles. The van der Waals surface area contributed by atoms with Crippen molar-refractivity contribution in [1.82, 2.24) is 0 Å². The molecule has 1 aromatic rings. The van der Waals surface area contributed by atoms with Gasteiger partial charge in [-0.3, -0.25) is 14.4 Å². The maximum atomic E-state index is 14.3. The first-order valence-corrected chi connectivity index (χ1v) is 21.0. The third-order valence-electron chi connectivity index (χ3n) is 12.9. The molecule has 288 valence electrons. The van der Waals surface area contributed by atoms with Crippen molar-refractivity contribution < 1.29 is 57.5 Å². The van der Waals surface area contributed by atoms with Gasteiger partial charge in [0.05, 0.1) is 24.2 Å². The summed E-state index contributed by atoms with van der Waals surface area (Å²) in [7, 11) is -2.66. The predicted molar refractivity (Wildman–Crippen MR) is 191 cm³/mol. The molecule has 5 rings (SSSR count). The molecule has 13 heteroatoms. The van der Waals surface area contributed by atoms with Crippen molar-refractivity contribution in [2.45, 2.75) is 148 Å². The van der Waals surface area contributed by atoms with Crippen LogP contribution in [0, 0.1) is 16.7 Å². The second-order valence-electron chi connectivity index (χ2n) is 17.4. The number of fused-ring (bicyclic) bond motifs is 5. The molecule has 2 bridgehead atoms. The Morgan fingerprint density at radius 1 is 0.923 bits per heavy atom. The lowest BCUT2D eigenvalue weighted by Crippen LogP contribution is -2.83. The standard InChI is InChI=1S/C39H56O12Si/c1-21-26(47-22(2)40)19-39(45)33(49-34(44)25-16-14-13-15-17-25)31-37(10,32(43)30(48-23(3)41)29(21)36(39,8)9)27(51-52(11,12)35(5,6)7)18-28-38(31,20-46-28)50-24(4)42/h13-17,26-28,30-33,43,45H,18-20H2,1-12H3/t26?,27?,28?,30?,31?,32?,33?,37-,38?,39?/m1/s1. The topological polar surface area (TPSA) is 164 Å². The maximum Gasteiger partial charge on any atom is 0.338 e. The summed E-state index contributed by atoms with van der Waals surface area (Å²) in [6.07, 6.45) is -7.17. The Morgan fingerprint density at radius 3 is 2.02 bits per heavy atom. The Kier molecular flexibility index (Phi) is 10.3. The fraction of sp³-hybridized carbons (Fsp3) is 0.692. The molecule has 3 aliphatic carbocycles. The molecule has 1 aliphatic heterocycles. The van der Waals surface area contributed by atoms with E-state index in [0.717, 1.165) is 0 Å². The van der Waals surface area contributed by atoms with Gasteiger partial charge in [-0.05, 0) is 48.3 Å². The SMILES string of the molecule is CC(=O)OC1CC2(O)C(OC(=O)c3ccccc3)C3C4(OC(C)=O)COC4CC(O[Si](C)(C)C(C)(C)C)[C@@]3(C)C(O)C(OC(C)=O)C(=C1C)C2(C)C. The van der Waals surface area contributed by atoms with Crippen LogP contribution in [-0.2, 0) is 42.5 Å². The largest absolute Gasteiger partial charge is 0.458 e. The quantitative estimate of drug-likeness (QED) is 0.166. The highest BCUT2D eigenvalue weighted by Gasteiger charge is 2.78. The summed E-state index contributed by atoms with van der Waals surface area (Å²) in [6, 6.07) is 8.31. The molecule has 0 aromatic heterocycles. The molecule has 0 spiro atoms. The average molecular weight is 745 g/mol. The van der Waals surface area contributed by atoms with Gasteiger partial charge in [0.25, 0.3) is 0 Å². The van der Waals surface area contributed by atoms with Crippen LogP contribution in [0.3, 0.4) is 0 Å². The monoisotopic (exact) mass is 744 g/mol. The van der Waals surface area contributed by atoms with Crippen molar-refractivity contribution in [1.29, 1.82) is 0 Å². The highest BCUT2D eigenvalue weighted by atomic mass is 28.4. The molecule has 1 saturated heterocycles. The molecular weight excluding hydrogens is 689 g/mol. The van der Waals surface area contributed by atoms with Crippen LogP contribution in [0.5, 0.6) is 0 Å². The van der Waals surface area contributed by atoms with Crippen molar-refractivity contribution in [3.8, 4) is 0 Å². The number of rotatable bonds is 7. The zero-order valence-corrected chi connectivity index (χ0v) is 33.5. The molecule has 0 radical (unpaired) electrons. The lowest BCUT2D eigenvalue weighted by Gasteiger charge is -2.70. The zero-order chi connectivity index (χ0) is 39.0. The first-order valence-electron chi connectivity index (χ1n) is 18.1. The van der Waals surface area contributed by atoms with E-state index >= 15 is 0 Å². The Morgan fingerprint density at radius 2 is 1.52 bits per heavy atom. The van der Waals surface area contributed by atoms with Crippen molar-refractivity contribution in [2.24, 2.45) is 16.7 Å². The van der Waals surface area contributed by atoms with Gasteiger partial charge in [-0.15, -0.1) is 0 Å². The van der Waals surface area contributed by atoms with Crippen LogP contribution in [0.25, 0.3) is 0 Å². The smallest absolute Gasteiger partial charge is 0.338 e. The molecule has 4 aliphatic rings. The Hall–Kier alpha value is -3.10. The highest BCUT2D eigenvalue weighted by molar-refractivity contribution is 6.74. The van der Waals surface area contributed by atoms with E-state index in [1.165, 1.54) is 20.8 Å². The van der Waals surface area contributed by atoms with Crippen molar-refractivity contribution >= 4 is 32.2 Å². The number of aliphatic hydroxyl groups is 2. The van der Waals surface area contributed by atoms with E-state index in [-0.39, 0.29) is 30.1 Å². The summed E-state index contributed by atoms with van der Waals surface area (Å²) in [5.41, 5.74) is -5.51. The second-order valence-corrected chi connectivity index (χ2v) is 22.2. The molecule has 9 unspecified atom stereocenters. The molecule has 12 nitrogen and oxygen atoms in total. The van der Waals surface area contributed by atoms with E-state index in [4.69, 9.17) is 28.1 Å². The van der Waals surface area contributed by atoms with Crippen LogP contribution in [-0.4, -0.2) is 96.8 Å². The van der Waals surface area contributed by atoms with Crippen LogP contribution >= 0.6 is 0 Å². The van der Waals surface area contributed by atoms with Crippen LogP contribution in [0.4, 0.5) is 0 Å². The molecular formula is C39H56O12Si. The summed E-state index contributed by atoms with van der Waals surface area (Å²) in [6.45, 7) is 21.0. The van der Waals surface area contributed by atoms with E-state index in [9.17, 15) is 29.4 Å². The third kappa shape index (κ3) is 6.23. The van der Waals surface area contributed by atoms with E-state index in [0.29, 0.717) is 11.1 Å². The van der Waals surface area contributed by atoms with Gasteiger partial charge < -0.3 is 38.3 Å². The molecule has 52 heavy (non-hydrogen) atoms. The number of esters is 4. The average Bonchev–Trinajstić information content (AvgIpc) is 3.01.